The van der Waals surface area contributed by atoms with Crippen molar-refractivity contribution < 1.29 is 19.5 Å². The monoisotopic (exact) mass is 186 g/mol. The van der Waals surface area contributed by atoms with E-state index in [1.165, 1.54) is 0 Å². The maximum atomic E-state index is 10.9. The normalized spacial score (nSPS) is 22.9. The molecule has 0 aromatic rings. The highest BCUT2D eigenvalue weighted by Gasteiger charge is 2.33. The van der Waals surface area contributed by atoms with Crippen LogP contribution in [0.2, 0.25) is 0 Å². The van der Waals surface area contributed by atoms with Crippen LogP contribution in [0.3, 0.4) is 0 Å². The molecule has 0 saturated carbocycles. The molecule has 1 unspecified atom stereocenters. The number of likely N-dealkylation sites (tertiary alicyclic amines) is 1. The van der Waals surface area contributed by atoms with Crippen LogP contribution in [0.1, 0.15) is 12.8 Å². The standard InChI is InChI=1S/C7H10N2O4/c8-6(11)5-3-4(10)1-2-9(5)7(12)13/h5H,1-3H2,(H2,8,11)(H,12,13). The van der Waals surface area contributed by atoms with Crippen LogP contribution in [0.4, 0.5) is 4.79 Å². The van der Waals surface area contributed by atoms with E-state index in [0.29, 0.717) is 0 Å². The van der Waals surface area contributed by atoms with Gasteiger partial charge in [-0.15, -0.1) is 0 Å². The molecule has 1 heterocycles. The third-order valence-corrected chi connectivity index (χ3v) is 2.00. The molecule has 2 amide bonds. The fraction of sp³-hybridized carbons (Fsp3) is 0.571. The van der Waals surface area contributed by atoms with Crippen molar-refractivity contribution >= 4 is 17.8 Å². The van der Waals surface area contributed by atoms with Gasteiger partial charge < -0.3 is 10.8 Å². The molecule has 3 N–H and O–H groups in total. The van der Waals surface area contributed by atoms with Gasteiger partial charge in [0, 0.05) is 19.4 Å². The van der Waals surface area contributed by atoms with Crippen LogP contribution >= 0.6 is 0 Å². The fourth-order valence-electron chi connectivity index (χ4n) is 1.31. The second kappa shape index (κ2) is 3.42. The largest absolute Gasteiger partial charge is 0.465 e. The van der Waals surface area contributed by atoms with Crippen LogP contribution in [0.25, 0.3) is 0 Å². The number of primary amides is 1. The summed E-state index contributed by atoms with van der Waals surface area (Å²) in [6.45, 7) is 0.0573. The van der Waals surface area contributed by atoms with Crippen LogP contribution in [-0.2, 0) is 9.59 Å². The Balaban J connectivity index is 2.77. The van der Waals surface area contributed by atoms with E-state index < -0.39 is 18.0 Å². The van der Waals surface area contributed by atoms with Crippen molar-refractivity contribution in [3.63, 3.8) is 0 Å². The van der Waals surface area contributed by atoms with Crippen molar-refractivity contribution in [1.29, 1.82) is 0 Å². The lowest BCUT2D eigenvalue weighted by molar-refractivity contribution is -0.131. The second-order valence-electron chi connectivity index (χ2n) is 2.89. The molecule has 0 aromatic carbocycles. The number of hydrogen-bond donors (Lipinski definition) is 2. The van der Waals surface area contributed by atoms with Crippen molar-refractivity contribution in [1.82, 2.24) is 4.90 Å². The summed E-state index contributed by atoms with van der Waals surface area (Å²) in [5.41, 5.74) is 4.96. The van der Waals surface area contributed by atoms with E-state index in [-0.39, 0.29) is 25.2 Å². The first-order valence-corrected chi connectivity index (χ1v) is 3.83. The van der Waals surface area contributed by atoms with Crippen LogP contribution in [0.5, 0.6) is 0 Å². The van der Waals surface area contributed by atoms with Crippen molar-refractivity contribution in [3.8, 4) is 0 Å². The number of carbonyl (C=O) groups excluding carboxylic acids is 2. The van der Waals surface area contributed by atoms with Gasteiger partial charge in [0.05, 0.1) is 0 Å². The van der Waals surface area contributed by atoms with E-state index in [4.69, 9.17) is 10.8 Å². The third kappa shape index (κ3) is 1.95. The maximum Gasteiger partial charge on any atom is 0.408 e. The fourth-order valence-corrected chi connectivity index (χ4v) is 1.31. The third-order valence-electron chi connectivity index (χ3n) is 2.00. The lowest BCUT2D eigenvalue weighted by Gasteiger charge is -2.30. The number of Topliss-reactive ketones (excluding diaryl/α,β-unsaturated/α-hetero) is 1. The van der Waals surface area contributed by atoms with Gasteiger partial charge in [-0.05, 0) is 0 Å². The Morgan fingerprint density at radius 2 is 2.15 bits per heavy atom. The molecule has 0 aliphatic carbocycles. The summed E-state index contributed by atoms with van der Waals surface area (Å²) in [4.78, 5) is 33.2. The van der Waals surface area contributed by atoms with Crippen LogP contribution in [-0.4, -0.2) is 40.4 Å². The number of carboxylic acid groups (broad SMARTS) is 1. The van der Waals surface area contributed by atoms with Gasteiger partial charge in [-0.3, -0.25) is 14.5 Å². The summed E-state index contributed by atoms with van der Waals surface area (Å²) in [6.07, 6.45) is -1.14. The van der Waals surface area contributed by atoms with E-state index in [1.54, 1.807) is 0 Å². The summed E-state index contributed by atoms with van der Waals surface area (Å²) in [5, 5.41) is 8.65. The van der Waals surface area contributed by atoms with Gasteiger partial charge in [-0.2, -0.15) is 0 Å². The molecule has 1 aliphatic heterocycles. The van der Waals surface area contributed by atoms with Crippen LogP contribution in [0.15, 0.2) is 0 Å². The van der Waals surface area contributed by atoms with E-state index in [0.717, 1.165) is 4.90 Å². The Morgan fingerprint density at radius 3 is 2.62 bits per heavy atom. The average Bonchev–Trinajstić information content (AvgIpc) is 2.03. The molecular formula is C7H10N2O4. The summed E-state index contributed by atoms with van der Waals surface area (Å²) in [5.74, 6) is -0.892. The van der Waals surface area contributed by atoms with Crippen molar-refractivity contribution in [3.05, 3.63) is 0 Å². The first-order valence-electron chi connectivity index (χ1n) is 3.83. The summed E-state index contributed by atoms with van der Waals surface area (Å²) < 4.78 is 0. The number of amides is 2. The number of nitrogens with zero attached hydrogens (tertiary/aromatic N) is 1. The number of hydrogen-bond acceptors (Lipinski definition) is 3. The van der Waals surface area contributed by atoms with E-state index in [2.05, 4.69) is 0 Å². The molecule has 0 radical (unpaired) electrons. The predicted molar refractivity (Wildman–Crippen MR) is 42.0 cm³/mol. The molecule has 0 bridgehead atoms. The highest BCUT2D eigenvalue weighted by atomic mass is 16.4. The Morgan fingerprint density at radius 1 is 1.54 bits per heavy atom. The van der Waals surface area contributed by atoms with E-state index >= 15 is 0 Å². The quantitative estimate of drug-likeness (QED) is 0.558. The number of ketones is 1. The lowest BCUT2D eigenvalue weighted by atomic mass is 10.0. The van der Waals surface area contributed by atoms with Crippen molar-refractivity contribution in [2.24, 2.45) is 5.73 Å². The average molecular weight is 186 g/mol. The van der Waals surface area contributed by atoms with Gasteiger partial charge in [-0.25, -0.2) is 4.79 Å². The Labute approximate surface area is 74.3 Å². The number of piperidine rings is 1. The van der Waals surface area contributed by atoms with Crippen molar-refractivity contribution in [2.75, 3.05) is 6.54 Å². The second-order valence-corrected chi connectivity index (χ2v) is 2.89. The molecule has 0 aromatic heterocycles. The number of rotatable bonds is 1. The Bertz CT molecular complexity index is 263. The van der Waals surface area contributed by atoms with Crippen LogP contribution < -0.4 is 5.73 Å². The van der Waals surface area contributed by atoms with E-state index in [9.17, 15) is 14.4 Å². The molecule has 6 heteroatoms. The van der Waals surface area contributed by atoms with Gasteiger partial charge in [0.15, 0.2) is 0 Å². The summed E-state index contributed by atoms with van der Waals surface area (Å²) >= 11 is 0. The molecule has 0 spiro atoms. The van der Waals surface area contributed by atoms with E-state index in [1.807, 2.05) is 0 Å². The molecule has 72 valence electrons. The van der Waals surface area contributed by atoms with Gasteiger partial charge >= 0.3 is 6.09 Å². The summed E-state index contributed by atoms with van der Waals surface area (Å²) in [6, 6.07) is -0.987. The minimum absolute atomic E-state index is 0.0573. The highest BCUT2D eigenvalue weighted by molar-refractivity contribution is 5.92. The predicted octanol–water partition coefficient (Wildman–Crippen LogP) is -0.817. The molecule has 1 saturated heterocycles. The zero-order valence-corrected chi connectivity index (χ0v) is 6.90. The molecule has 1 rings (SSSR count). The molecule has 13 heavy (non-hydrogen) atoms. The van der Waals surface area contributed by atoms with Gasteiger partial charge in [0.1, 0.15) is 11.8 Å². The van der Waals surface area contributed by atoms with Crippen molar-refractivity contribution in [2.45, 2.75) is 18.9 Å². The first-order chi connectivity index (χ1) is 6.02. The van der Waals surface area contributed by atoms with Gasteiger partial charge in [-0.1, -0.05) is 0 Å². The minimum atomic E-state index is -1.21. The summed E-state index contributed by atoms with van der Waals surface area (Å²) in [7, 11) is 0. The number of nitrogens with two attached hydrogens (primary N) is 1. The SMILES string of the molecule is NC(=O)C1CC(=O)CCN1C(=O)O. The number of carbonyl (C=O) groups is 3. The molecule has 6 nitrogen and oxygen atoms in total. The Hall–Kier alpha value is -1.59. The molecule has 1 fully saturated rings. The van der Waals surface area contributed by atoms with Gasteiger partial charge in [0.25, 0.3) is 0 Å². The molecule has 1 aliphatic rings. The highest BCUT2D eigenvalue weighted by Crippen LogP contribution is 2.13. The zero-order valence-electron chi connectivity index (χ0n) is 6.90. The minimum Gasteiger partial charge on any atom is -0.465 e. The lowest BCUT2D eigenvalue weighted by Crippen LogP contribution is -2.52. The smallest absolute Gasteiger partial charge is 0.408 e. The topological polar surface area (TPSA) is 101 Å². The molecular weight excluding hydrogens is 176 g/mol. The van der Waals surface area contributed by atoms with Crippen LogP contribution in [0, 0.1) is 0 Å². The van der Waals surface area contributed by atoms with Gasteiger partial charge in [0.2, 0.25) is 5.91 Å². The Kier molecular flexibility index (Phi) is 2.50. The zero-order chi connectivity index (χ0) is 10.0. The maximum absolute atomic E-state index is 10.9. The molecule has 1 atom stereocenters. The first kappa shape index (κ1) is 9.50.